The highest BCUT2D eigenvalue weighted by molar-refractivity contribution is 5.33. The maximum absolute atomic E-state index is 2.24. The number of hydrogen-bond donors (Lipinski definition) is 0. The monoisotopic (exact) mass is 122 g/mol. The standard InChI is InChI=1S/C9H14/c1-3-8-6-5-7-9(8)4-2/h3-4H,5-7H2,1-2H3/b8-3-,9-4+. The molecule has 0 bridgehead atoms. The van der Waals surface area contributed by atoms with Gasteiger partial charge >= 0.3 is 0 Å². The van der Waals surface area contributed by atoms with Crippen LogP contribution in [0.2, 0.25) is 0 Å². The molecule has 1 fully saturated rings. The first-order chi connectivity index (χ1) is 4.38. The summed E-state index contributed by atoms with van der Waals surface area (Å²) < 4.78 is 0. The van der Waals surface area contributed by atoms with Crippen molar-refractivity contribution in [2.45, 2.75) is 33.1 Å². The first-order valence-corrected chi connectivity index (χ1v) is 3.69. The van der Waals surface area contributed by atoms with Crippen LogP contribution in [0.5, 0.6) is 0 Å². The molecule has 1 aliphatic rings. The van der Waals surface area contributed by atoms with Gasteiger partial charge < -0.3 is 0 Å². The van der Waals surface area contributed by atoms with Gasteiger partial charge in [-0.2, -0.15) is 0 Å². The van der Waals surface area contributed by atoms with Crippen LogP contribution in [0.4, 0.5) is 0 Å². The summed E-state index contributed by atoms with van der Waals surface area (Å²) in [5, 5.41) is 0. The summed E-state index contributed by atoms with van der Waals surface area (Å²) in [4.78, 5) is 0. The van der Waals surface area contributed by atoms with E-state index in [0.717, 1.165) is 0 Å². The molecule has 0 saturated heterocycles. The van der Waals surface area contributed by atoms with E-state index in [9.17, 15) is 0 Å². The molecule has 50 valence electrons. The lowest BCUT2D eigenvalue weighted by Crippen LogP contribution is -1.74. The topological polar surface area (TPSA) is 0 Å². The fourth-order valence-electron chi connectivity index (χ4n) is 1.45. The molecule has 0 aromatic rings. The molecule has 0 atom stereocenters. The summed E-state index contributed by atoms with van der Waals surface area (Å²) in [5.74, 6) is 0. The van der Waals surface area contributed by atoms with E-state index in [1.807, 2.05) is 0 Å². The van der Waals surface area contributed by atoms with Crippen molar-refractivity contribution in [3.05, 3.63) is 23.3 Å². The van der Waals surface area contributed by atoms with Gasteiger partial charge in [-0.1, -0.05) is 12.2 Å². The molecular weight excluding hydrogens is 108 g/mol. The minimum absolute atomic E-state index is 1.30. The second-order valence-electron chi connectivity index (χ2n) is 2.48. The van der Waals surface area contributed by atoms with E-state index < -0.39 is 0 Å². The highest BCUT2D eigenvalue weighted by atomic mass is 14.1. The molecule has 0 nitrogen and oxygen atoms in total. The lowest BCUT2D eigenvalue weighted by atomic mass is 10.1. The van der Waals surface area contributed by atoms with Crippen molar-refractivity contribution < 1.29 is 0 Å². The number of hydrogen-bond acceptors (Lipinski definition) is 0. The van der Waals surface area contributed by atoms with Crippen molar-refractivity contribution in [2.24, 2.45) is 0 Å². The van der Waals surface area contributed by atoms with E-state index in [0.29, 0.717) is 0 Å². The molecule has 1 aliphatic carbocycles. The van der Waals surface area contributed by atoms with Crippen molar-refractivity contribution in [3.8, 4) is 0 Å². The highest BCUT2D eigenvalue weighted by Gasteiger charge is 2.09. The van der Waals surface area contributed by atoms with Gasteiger partial charge in [0.15, 0.2) is 0 Å². The summed E-state index contributed by atoms with van der Waals surface area (Å²) in [7, 11) is 0. The largest absolute Gasteiger partial charge is 0.0842 e. The summed E-state index contributed by atoms with van der Waals surface area (Å²) in [6, 6.07) is 0. The normalized spacial score (nSPS) is 28.2. The van der Waals surface area contributed by atoms with E-state index in [2.05, 4.69) is 26.0 Å². The Kier molecular flexibility index (Phi) is 2.10. The van der Waals surface area contributed by atoms with Crippen molar-refractivity contribution in [3.63, 3.8) is 0 Å². The van der Waals surface area contributed by atoms with Crippen LogP contribution in [0, 0.1) is 0 Å². The lowest BCUT2D eigenvalue weighted by Gasteiger charge is -1.94. The van der Waals surface area contributed by atoms with Gasteiger partial charge in [-0.15, -0.1) is 0 Å². The minimum atomic E-state index is 1.30. The molecular formula is C9H14. The molecule has 0 heteroatoms. The Labute approximate surface area is 57.3 Å². The maximum Gasteiger partial charge on any atom is -0.0276 e. The van der Waals surface area contributed by atoms with Crippen LogP contribution in [-0.2, 0) is 0 Å². The van der Waals surface area contributed by atoms with Gasteiger partial charge in [-0.05, 0) is 44.3 Å². The van der Waals surface area contributed by atoms with Gasteiger partial charge in [0.1, 0.15) is 0 Å². The third-order valence-electron chi connectivity index (χ3n) is 2.00. The van der Waals surface area contributed by atoms with Crippen LogP contribution in [0.1, 0.15) is 33.1 Å². The van der Waals surface area contributed by atoms with Crippen LogP contribution in [-0.4, -0.2) is 0 Å². The van der Waals surface area contributed by atoms with Crippen LogP contribution in [0.3, 0.4) is 0 Å². The molecule has 0 aliphatic heterocycles. The number of rotatable bonds is 0. The van der Waals surface area contributed by atoms with Crippen LogP contribution >= 0.6 is 0 Å². The van der Waals surface area contributed by atoms with Crippen molar-refractivity contribution in [1.29, 1.82) is 0 Å². The minimum Gasteiger partial charge on any atom is -0.0842 e. The first kappa shape index (κ1) is 6.60. The average Bonchev–Trinajstić information content (AvgIpc) is 2.33. The third kappa shape index (κ3) is 1.24. The van der Waals surface area contributed by atoms with Gasteiger partial charge in [0.05, 0.1) is 0 Å². The second kappa shape index (κ2) is 2.86. The SMILES string of the molecule is C/C=C1/CCC/C1=C\C. The molecule has 0 amide bonds. The van der Waals surface area contributed by atoms with Crippen LogP contribution < -0.4 is 0 Å². The average molecular weight is 122 g/mol. The Hall–Kier alpha value is -0.520. The third-order valence-corrected chi connectivity index (χ3v) is 2.00. The summed E-state index contributed by atoms with van der Waals surface area (Å²) >= 11 is 0. The van der Waals surface area contributed by atoms with Gasteiger partial charge in [0.25, 0.3) is 0 Å². The van der Waals surface area contributed by atoms with E-state index in [-0.39, 0.29) is 0 Å². The van der Waals surface area contributed by atoms with Gasteiger partial charge in [0.2, 0.25) is 0 Å². The Morgan fingerprint density at radius 3 is 1.78 bits per heavy atom. The Balaban J connectivity index is 2.75. The zero-order valence-electron chi connectivity index (χ0n) is 6.28. The predicted molar refractivity (Wildman–Crippen MR) is 41.4 cm³/mol. The fraction of sp³-hybridized carbons (Fsp3) is 0.556. The van der Waals surface area contributed by atoms with E-state index in [4.69, 9.17) is 0 Å². The molecule has 0 N–H and O–H groups in total. The van der Waals surface area contributed by atoms with E-state index >= 15 is 0 Å². The van der Waals surface area contributed by atoms with Crippen molar-refractivity contribution in [2.75, 3.05) is 0 Å². The molecule has 1 saturated carbocycles. The molecule has 1 rings (SSSR count). The smallest absolute Gasteiger partial charge is 0.0276 e. The van der Waals surface area contributed by atoms with Gasteiger partial charge in [0, 0.05) is 0 Å². The second-order valence-corrected chi connectivity index (χ2v) is 2.48. The molecule has 0 heterocycles. The molecule has 9 heavy (non-hydrogen) atoms. The van der Waals surface area contributed by atoms with E-state index in [1.54, 1.807) is 11.1 Å². The van der Waals surface area contributed by atoms with Crippen LogP contribution in [0.15, 0.2) is 23.3 Å². The summed E-state index contributed by atoms with van der Waals surface area (Å²) in [6.07, 6.45) is 8.44. The Bertz CT molecular complexity index is 131. The summed E-state index contributed by atoms with van der Waals surface area (Å²) in [6.45, 7) is 4.26. The molecule has 0 unspecified atom stereocenters. The zero-order valence-corrected chi connectivity index (χ0v) is 6.28. The number of allylic oxidation sites excluding steroid dienone is 4. The quantitative estimate of drug-likeness (QED) is 0.463. The van der Waals surface area contributed by atoms with Crippen LogP contribution in [0.25, 0.3) is 0 Å². The lowest BCUT2D eigenvalue weighted by molar-refractivity contribution is 0.931. The summed E-state index contributed by atoms with van der Waals surface area (Å²) in [5.41, 5.74) is 3.13. The van der Waals surface area contributed by atoms with Crippen molar-refractivity contribution in [1.82, 2.24) is 0 Å². The maximum atomic E-state index is 2.24. The fourth-order valence-corrected chi connectivity index (χ4v) is 1.45. The highest BCUT2D eigenvalue weighted by Crippen LogP contribution is 2.29. The molecule has 0 aromatic carbocycles. The Morgan fingerprint density at radius 1 is 1.00 bits per heavy atom. The molecule has 0 spiro atoms. The predicted octanol–water partition coefficient (Wildman–Crippen LogP) is 3.06. The first-order valence-electron chi connectivity index (χ1n) is 3.69. The van der Waals surface area contributed by atoms with Gasteiger partial charge in [-0.25, -0.2) is 0 Å². The Morgan fingerprint density at radius 2 is 1.44 bits per heavy atom. The zero-order chi connectivity index (χ0) is 6.69. The molecule has 0 radical (unpaired) electrons. The molecule has 0 aromatic heterocycles. The van der Waals surface area contributed by atoms with Crippen molar-refractivity contribution >= 4 is 0 Å². The van der Waals surface area contributed by atoms with Gasteiger partial charge in [-0.3, -0.25) is 0 Å². The van der Waals surface area contributed by atoms with E-state index in [1.165, 1.54) is 19.3 Å².